The summed E-state index contributed by atoms with van der Waals surface area (Å²) in [7, 11) is 0. The predicted octanol–water partition coefficient (Wildman–Crippen LogP) is 4.66. The molecule has 0 saturated heterocycles. The van der Waals surface area contributed by atoms with Crippen LogP contribution in [0, 0.1) is 6.92 Å². The van der Waals surface area contributed by atoms with Crippen LogP contribution in [-0.2, 0) is 6.42 Å². The maximum atomic E-state index is 4.37. The molecule has 19 heavy (non-hydrogen) atoms. The molecule has 0 spiro atoms. The zero-order valence-electron chi connectivity index (χ0n) is 12.5. The number of allylic oxidation sites excluding steroid dienone is 5. The van der Waals surface area contributed by atoms with E-state index in [0.717, 1.165) is 30.7 Å². The number of aromatic nitrogens is 2. The van der Waals surface area contributed by atoms with Crippen molar-refractivity contribution in [2.75, 3.05) is 0 Å². The van der Waals surface area contributed by atoms with Gasteiger partial charge in [-0.3, -0.25) is 0 Å². The minimum atomic E-state index is 0.996. The van der Waals surface area contributed by atoms with Gasteiger partial charge in [0.05, 0.1) is 11.4 Å². The van der Waals surface area contributed by atoms with Crippen LogP contribution in [0.25, 0.3) is 5.57 Å². The first-order chi connectivity index (χ1) is 9.26. The average molecular weight is 256 g/mol. The Morgan fingerprint density at radius 3 is 2.58 bits per heavy atom. The van der Waals surface area contributed by atoms with Crippen LogP contribution in [0.15, 0.2) is 36.4 Å². The smallest absolute Gasteiger partial charge is 0.0961 e. The molecule has 102 valence electrons. The molecule has 1 aromatic heterocycles. The summed E-state index contributed by atoms with van der Waals surface area (Å²) < 4.78 is 0. The van der Waals surface area contributed by atoms with Gasteiger partial charge in [-0.2, -0.15) is 5.10 Å². The molecule has 0 fully saturated rings. The third-order valence-electron chi connectivity index (χ3n) is 3.10. The van der Waals surface area contributed by atoms with Gasteiger partial charge in [-0.25, -0.2) is 0 Å². The minimum absolute atomic E-state index is 0.996. The van der Waals surface area contributed by atoms with Gasteiger partial charge in [-0.1, -0.05) is 38.7 Å². The van der Waals surface area contributed by atoms with Crippen molar-refractivity contribution in [2.24, 2.45) is 0 Å². The largest absolute Gasteiger partial charge is 0.155 e. The van der Waals surface area contributed by atoms with Crippen molar-refractivity contribution in [3.63, 3.8) is 0 Å². The van der Waals surface area contributed by atoms with Crippen LogP contribution >= 0.6 is 0 Å². The normalized spacial score (nSPS) is 18.3. The second kappa shape index (κ2) is 7.67. The topological polar surface area (TPSA) is 25.8 Å². The lowest BCUT2D eigenvalue weighted by atomic mass is 9.99. The van der Waals surface area contributed by atoms with E-state index in [1.807, 2.05) is 26.8 Å². The fraction of sp³-hybridized carbons (Fsp3) is 0.412. The zero-order valence-corrected chi connectivity index (χ0v) is 12.5. The molecule has 0 N–H and O–H groups in total. The summed E-state index contributed by atoms with van der Waals surface area (Å²) in [6.07, 6.45) is 9.40. The monoisotopic (exact) mass is 256 g/mol. The molecule has 1 aromatic rings. The van der Waals surface area contributed by atoms with Crippen molar-refractivity contribution in [2.45, 2.75) is 47.0 Å². The van der Waals surface area contributed by atoms with E-state index in [0.29, 0.717) is 0 Å². The van der Waals surface area contributed by atoms with Crippen molar-refractivity contribution in [3.05, 3.63) is 53.4 Å². The van der Waals surface area contributed by atoms with E-state index in [2.05, 4.69) is 41.9 Å². The van der Waals surface area contributed by atoms with E-state index in [9.17, 15) is 0 Å². The molecule has 0 unspecified atom stereocenters. The van der Waals surface area contributed by atoms with Gasteiger partial charge in [-0.05, 0) is 50.3 Å². The number of hydrogen-bond acceptors (Lipinski definition) is 2. The molecule has 1 heterocycles. The molecule has 0 atom stereocenters. The second-order valence-corrected chi connectivity index (χ2v) is 4.34. The predicted molar refractivity (Wildman–Crippen MR) is 83.0 cm³/mol. The third-order valence-corrected chi connectivity index (χ3v) is 3.10. The van der Waals surface area contributed by atoms with Crippen molar-refractivity contribution in [1.82, 2.24) is 10.2 Å². The van der Waals surface area contributed by atoms with Crippen LogP contribution in [0.2, 0.25) is 0 Å². The molecule has 0 saturated carbocycles. The number of rotatable bonds is 1. The lowest BCUT2D eigenvalue weighted by Gasteiger charge is -2.09. The Bertz CT molecular complexity index is 496. The highest BCUT2D eigenvalue weighted by Crippen LogP contribution is 2.32. The van der Waals surface area contributed by atoms with Gasteiger partial charge in [0.25, 0.3) is 0 Å². The summed E-state index contributed by atoms with van der Waals surface area (Å²) in [5.74, 6) is 0. The molecule has 2 rings (SSSR count). The quantitative estimate of drug-likeness (QED) is 0.683. The molecule has 2 nitrogen and oxygen atoms in total. The fourth-order valence-corrected chi connectivity index (χ4v) is 2.35. The van der Waals surface area contributed by atoms with Gasteiger partial charge in [0, 0.05) is 5.57 Å². The van der Waals surface area contributed by atoms with Gasteiger partial charge in [0.15, 0.2) is 0 Å². The molecule has 0 aromatic carbocycles. The maximum Gasteiger partial charge on any atom is 0.0961 e. The standard InChI is InChI=1S/C15H18N2.C2H6/c1-4-7-12-8-6-9-13-10-11(3)16-17-15(13)14(12)5-2;1-2/h4-5,7,10H,1,6,8-9H2,2-3H3;1-2H3/b12-7-,14-5+;. The Morgan fingerprint density at radius 1 is 1.21 bits per heavy atom. The molecule has 1 aliphatic rings. The first-order valence-electron chi connectivity index (χ1n) is 7.08. The molecular formula is C17H24N2. The Hall–Kier alpha value is -1.70. The van der Waals surface area contributed by atoms with Crippen LogP contribution in [0.3, 0.4) is 0 Å². The summed E-state index contributed by atoms with van der Waals surface area (Å²) in [4.78, 5) is 0. The molecule has 0 radical (unpaired) electrons. The summed E-state index contributed by atoms with van der Waals surface area (Å²) in [6.45, 7) is 11.8. The Morgan fingerprint density at radius 2 is 1.95 bits per heavy atom. The minimum Gasteiger partial charge on any atom is -0.155 e. The first kappa shape index (κ1) is 15.4. The van der Waals surface area contributed by atoms with E-state index in [1.165, 1.54) is 16.7 Å². The van der Waals surface area contributed by atoms with Crippen LogP contribution in [0.4, 0.5) is 0 Å². The van der Waals surface area contributed by atoms with Crippen molar-refractivity contribution in [3.8, 4) is 0 Å². The Labute approximate surface area is 117 Å². The zero-order chi connectivity index (χ0) is 14.3. The number of fused-ring (bicyclic) bond motifs is 1. The molecule has 0 bridgehead atoms. The van der Waals surface area contributed by atoms with E-state index < -0.39 is 0 Å². The lowest BCUT2D eigenvalue weighted by molar-refractivity contribution is 0.827. The van der Waals surface area contributed by atoms with Crippen molar-refractivity contribution >= 4 is 5.57 Å². The number of nitrogens with zero attached hydrogens (tertiary/aromatic N) is 2. The van der Waals surface area contributed by atoms with Gasteiger partial charge >= 0.3 is 0 Å². The highest BCUT2D eigenvalue weighted by atomic mass is 15.1. The van der Waals surface area contributed by atoms with Gasteiger partial charge in [0.2, 0.25) is 0 Å². The number of aryl methyl sites for hydroxylation is 2. The molecule has 2 heteroatoms. The van der Waals surface area contributed by atoms with Gasteiger partial charge in [0.1, 0.15) is 0 Å². The maximum absolute atomic E-state index is 4.37. The SMILES string of the molecule is C=C/C=C1/CCCc2cc(C)nnc2/C1=C/C.CC. The van der Waals surface area contributed by atoms with E-state index in [-0.39, 0.29) is 0 Å². The summed E-state index contributed by atoms with van der Waals surface area (Å²) in [5.41, 5.74) is 5.89. The average Bonchev–Trinajstić information content (AvgIpc) is 2.60. The summed E-state index contributed by atoms with van der Waals surface area (Å²) >= 11 is 0. The van der Waals surface area contributed by atoms with Crippen molar-refractivity contribution in [1.29, 1.82) is 0 Å². The van der Waals surface area contributed by atoms with Crippen LogP contribution < -0.4 is 0 Å². The van der Waals surface area contributed by atoms with Gasteiger partial charge in [-0.15, -0.1) is 5.10 Å². The van der Waals surface area contributed by atoms with Crippen LogP contribution in [-0.4, -0.2) is 10.2 Å². The lowest BCUT2D eigenvalue weighted by Crippen LogP contribution is -1.99. The van der Waals surface area contributed by atoms with E-state index >= 15 is 0 Å². The molecule has 1 aliphatic carbocycles. The highest BCUT2D eigenvalue weighted by Gasteiger charge is 2.17. The van der Waals surface area contributed by atoms with Crippen LogP contribution in [0.5, 0.6) is 0 Å². The van der Waals surface area contributed by atoms with E-state index in [4.69, 9.17) is 0 Å². The third kappa shape index (κ3) is 3.63. The Kier molecular flexibility index (Phi) is 6.20. The fourth-order valence-electron chi connectivity index (χ4n) is 2.35. The molecular weight excluding hydrogens is 232 g/mol. The number of hydrogen-bond donors (Lipinski definition) is 0. The van der Waals surface area contributed by atoms with Crippen molar-refractivity contribution < 1.29 is 0 Å². The van der Waals surface area contributed by atoms with E-state index in [1.54, 1.807) is 0 Å². The Balaban J connectivity index is 0.000000861. The first-order valence-corrected chi connectivity index (χ1v) is 7.08. The molecule has 0 aliphatic heterocycles. The second-order valence-electron chi connectivity index (χ2n) is 4.34. The summed E-state index contributed by atoms with van der Waals surface area (Å²) in [5, 5.41) is 8.55. The highest BCUT2D eigenvalue weighted by molar-refractivity contribution is 5.79. The van der Waals surface area contributed by atoms with Gasteiger partial charge < -0.3 is 0 Å². The summed E-state index contributed by atoms with van der Waals surface area (Å²) in [6, 6.07) is 2.16. The molecule has 0 amide bonds. The van der Waals surface area contributed by atoms with Crippen LogP contribution in [0.1, 0.15) is 50.6 Å².